The number of rotatable bonds is 0. The second-order valence-electron chi connectivity index (χ2n) is 2.01. The van der Waals surface area contributed by atoms with Crippen LogP contribution >= 0.6 is 0 Å². The molecule has 1 heterocycles. The molecule has 2 N–H and O–H groups in total. The molecule has 0 aromatic heterocycles. The Kier molecular flexibility index (Phi) is 2.21. The van der Waals surface area contributed by atoms with Gasteiger partial charge in [0, 0.05) is 6.08 Å². The van der Waals surface area contributed by atoms with Gasteiger partial charge in [0.25, 0.3) is 0 Å². The fraction of sp³-hybridized carbons (Fsp3) is 0.286. The molecule has 11 heavy (non-hydrogen) atoms. The lowest BCUT2D eigenvalue weighted by atomic mass is 10.2. The maximum Gasteiger partial charge on any atom is 0.210 e. The molecule has 4 nitrogen and oxygen atoms in total. The molecule has 1 rings (SSSR count). The Morgan fingerprint density at radius 2 is 2.45 bits per heavy atom. The van der Waals surface area contributed by atoms with Crippen molar-refractivity contribution in [1.82, 2.24) is 0 Å². The van der Waals surface area contributed by atoms with Gasteiger partial charge in [-0.15, -0.1) is 0 Å². The molecule has 0 spiro atoms. The number of hydrogen-bond donors (Lipinski definition) is 1. The highest BCUT2D eigenvalue weighted by Gasteiger charge is 2.11. The normalized spacial score (nSPS) is 22.5. The van der Waals surface area contributed by atoms with Crippen LogP contribution in [0.25, 0.3) is 0 Å². The van der Waals surface area contributed by atoms with Crippen molar-refractivity contribution in [1.29, 1.82) is 0 Å². The van der Waals surface area contributed by atoms with E-state index in [1.807, 2.05) is 0 Å². The van der Waals surface area contributed by atoms with E-state index in [9.17, 15) is 4.79 Å². The Morgan fingerprint density at radius 1 is 1.73 bits per heavy atom. The molecule has 1 atom stereocenters. The summed E-state index contributed by atoms with van der Waals surface area (Å²) in [4.78, 5) is 14.0. The van der Waals surface area contributed by atoms with E-state index in [0.29, 0.717) is 11.5 Å². The van der Waals surface area contributed by atoms with Gasteiger partial charge in [0.15, 0.2) is 0 Å². The first kappa shape index (κ1) is 7.72. The summed E-state index contributed by atoms with van der Waals surface area (Å²) < 4.78 is 4.79. The van der Waals surface area contributed by atoms with E-state index in [4.69, 9.17) is 10.5 Å². The van der Waals surface area contributed by atoms with Crippen molar-refractivity contribution in [2.75, 3.05) is 7.11 Å². The Labute approximate surface area is 64.1 Å². The van der Waals surface area contributed by atoms with E-state index in [-0.39, 0.29) is 0 Å². The molecule has 0 saturated heterocycles. The first-order chi connectivity index (χ1) is 5.27. The van der Waals surface area contributed by atoms with Crippen molar-refractivity contribution < 1.29 is 9.53 Å². The van der Waals surface area contributed by atoms with Crippen LogP contribution in [0.2, 0.25) is 0 Å². The highest BCUT2D eigenvalue weighted by molar-refractivity contribution is 5.90. The van der Waals surface area contributed by atoms with E-state index in [0.717, 1.165) is 0 Å². The van der Waals surface area contributed by atoms with Gasteiger partial charge in [-0.1, -0.05) is 0 Å². The topological polar surface area (TPSA) is 64.7 Å². The summed E-state index contributed by atoms with van der Waals surface area (Å²) in [5.74, 6) is 2.12. The number of hydrogen-bond acceptors (Lipinski definition) is 4. The average molecular weight is 152 g/mol. The molecule has 1 unspecified atom stereocenters. The molecule has 4 heteroatoms. The Morgan fingerprint density at radius 3 is 2.91 bits per heavy atom. The first-order valence-corrected chi connectivity index (χ1v) is 3.08. The summed E-state index contributed by atoms with van der Waals surface area (Å²) in [6.45, 7) is 0. The number of dihydropyridines is 1. The Balaban J connectivity index is 2.87. The number of nitrogens with two attached hydrogens (primary N) is 1. The van der Waals surface area contributed by atoms with Gasteiger partial charge in [0.1, 0.15) is 12.1 Å². The lowest BCUT2D eigenvalue weighted by Crippen LogP contribution is -2.24. The predicted octanol–water partition coefficient (Wildman–Crippen LogP) is -0.356. The van der Waals surface area contributed by atoms with Gasteiger partial charge in [-0.25, -0.2) is 9.79 Å². The molecule has 0 aromatic carbocycles. The van der Waals surface area contributed by atoms with Gasteiger partial charge in [-0.05, 0) is 6.08 Å². The number of carbonyl (C=O) groups excluding carboxylic acids is 1. The van der Waals surface area contributed by atoms with E-state index in [1.165, 1.54) is 7.11 Å². The lowest BCUT2D eigenvalue weighted by Gasteiger charge is -2.10. The molecule has 0 bridgehead atoms. The van der Waals surface area contributed by atoms with Crippen LogP contribution in [0.15, 0.2) is 22.7 Å². The summed E-state index contributed by atoms with van der Waals surface area (Å²) in [5, 5.41) is 0. The van der Waals surface area contributed by atoms with Crippen molar-refractivity contribution >= 4 is 11.8 Å². The minimum absolute atomic E-state index is 0.339. The summed E-state index contributed by atoms with van der Waals surface area (Å²) in [7, 11) is 1.49. The zero-order chi connectivity index (χ0) is 8.27. The third-order valence-corrected chi connectivity index (χ3v) is 1.32. The summed E-state index contributed by atoms with van der Waals surface area (Å²) in [5.41, 5.74) is 5.78. The monoisotopic (exact) mass is 152 g/mol. The van der Waals surface area contributed by atoms with Crippen LogP contribution in [0.4, 0.5) is 0 Å². The summed E-state index contributed by atoms with van der Waals surface area (Å²) in [6.07, 6.45) is 2.49. The molecule has 0 aromatic rings. The molecule has 58 valence electrons. The molecule has 1 aliphatic rings. The van der Waals surface area contributed by atoms with E-state index < -0.39 is 6.17 Å². The molecular formula is C7H8N2O2. The van der Waals surface area contributed by atoms with Gasteiger partial charge in [0.2, 0.25) is 5.90 Å². The number of nitrogens with zero attached hydrogens (tertiary/aromatic N) is 1. The zero-order valence-electron chi connectivity index (χ0n) is 6.07. The van der Waals surface area contributed by atoms with Crippen molar-refractivity contribution in [2.24, 2.45) is 10.7 Å². The van der Waals surface area contributed by atoms with Crippen molar-refractivity contribution in [3.63, 3.8) is 0 Å². The fourth-order valence-electron chi connectivity index (χ4n) is 0.724. The number of ether oxygens (including phenoxy) is 1. The minimum Gasteiger partial charge on any atom is -0.481 e. The van der Waals surface area contributed by atoms with Gasteiger partial charge in [-0.3, -0.25) is 0 Å². The van der Waals surface area contributed by atoms with Crippen molar-refractivity contribution in [3.8, 4) is 0 Å². The highest BCUT2D eigenvalue weighted by Crippen LogP contribution is 2.06. The number of methoxy groups -OCH3 is 1. The smallest absolute Gasteiger partial charge is 0.210 e. The van der Waals surface area contributed by atoms with Crippen LogP contribution in [-0.2, 0) is 9.53 Å². The Hall–Kier alpha value is -1.38. The molecule has 0 radical (unpaired) electrons. The predicted molar refractivity (Wildman–Crippen MR) is 40.8 cm³/mol. The first-order valence-electron chi connectivity index (χ1n) is 3.08. The highest BCUT2D eigenvalue weighted by atomic mass is 16.5. The standard InChI is InChI=1S/C7H8N2O2/c1-11-6-3-2-5(4-10)7(8)9-6/h2-3,7H,8H2,1H3. The molecule has 1 aliphatic heterocycles. The maximum atomic E-state index is 10.2. The van der Waals surface area contributed by atoms with E-state index in [1.54, 1.807) is 18.1 Å². The molecule has 0 saturated carbocycles. The largest absolute Gasteiger partial charge is 0.481 e. The average Bonchev–Trinajstić information content (AvgIpc) is 2.04. The summed E-state index contributed by atoms with van der Waals surface area (Å²) in [6, 6.07) is 0. The van der Waals surface area contributed by atoms with Crippen LogP contribution in [0.3, 0.4) is 0 Å². The van der Waals surface area contributed by atoms with Gasteiger partial charge in [0.05, 0.1) is 12.7 Å². The van der Waals surface area contributed by atoms with E-state index >= 15 is 0 Å². The second-order valence-corrected chi connectivity index (χ2v) is 2.01. The third-order valence-electron chi connectivity index (χ3n) is 1.32. The minimum atomic E-state index is -0.632. The fourth-order valence-corrected chi connectivity index (χ4v) is 0.724. The molecule has 0 amide bonds. The van der Waals surface area contributed by atoms with Gasteiger partial charge >= 0.3 is 0 Å². The van der Waals surface area contributed by atoms with Gasteiger partial charge in [-0.2, -0.15) is 0 Å². The Bertz CT molecular complexity index is 262. The zero-order valence-corrected chi connectivity index (χ0v) is 6.07. The quantitative estimate of drug-likeness (QED) is 0.482. The number of aliphatic imine (C=N–C) groups is 1. The lowest BCUT2D eigenvalue weighted by molar-refractivity contribution is 0.401. The van der Waals surface area contributed by atoms with Crippen LogP contribution < -0.4 is 5.73 Å². The van der Waals surface area contributed by atoms with Gasteiger partial charge < -0.3 is 10.5 Å². The molecule has 0 aliphatic carbocycles. The van der Waals surface area contributed by atoms with Crippen LogP contribution in [0, 0.1) is 0 Å². The SMILES string of the molecule is COC1=NC(N)C(=C=O)C=C1. The van der Waals surface area contributed by atoms with Crippen LogP contribution in [-0.4, -0.2) is 25.1 Å². The van der Waals surface area contributed by atoms with Crippen LogP contribution in [0.5, 0.6) is 0 Å². The van der Waals surface area contributed by atoms with Crippen molar-refractivity contribution in [2.45, 2.75) is 6.17 Å². The third kappa shape index (κ3) is 1.55. The second kappa shape index (κ2) is 3.14. The molecular weight excluding hydrogens is 144 g/mol. The van der Waals surface area contributed by atoms with E-state index in [2.05, 4.69) is 4.99 Å². The van der Waals surface area contributed by atoms with Crippen LogP contribution in [0.1, 0.15) is 0 Å². The van der Waals surface area contributed by atoms with Crippen molar-refractivity contribution in [3.05, 3.63) is 17.7 Å². The summed E-state index contributed by atoms with van der Waals surface area (Å²) >= 11 is 0. The maximum absolute atomic E-state index is 10.2. The molecule has 0 fully saturated rings.